The summed E-state index contributed by atoms with van der Waals surface area (Å²) in [6, 6.07) is 0. The molecule has 0 radical (unpaired) electrons. The normalized spacial score (nSPS) is 0. The Morgan fingerprint density at radius 3 is 0.0833 bits per heavy atom. The van der Waals surface area contributed by atoms with Crippen LogP contribution in [-0.4, -0.2) is 473 Å². The molecule has 24 heteroatoms. The van der Waals surface area contributed by atoms with Gasteiger partial charge in [-0.1, -0.05) is 0 Å². The van der Waals surface area contributed by atoms with Gasteiger partial charge in [0.15, 0.2) is 0 Å². The zero-order valence-electron chi connectivity index (χ0n) is 3.27. The van der Waals surface area contributed by atoms with Crippen LogP contribution in [0.4, 0.5) is 0 Å². The van der Waals surface area contributed by atoms with Crippen molar-refractivity contribution < 1.29 is 0 Å². The first-order chi connectivity index (χ1) is 0. The Balaban J connectivity index is 0. The van der Waals surface area contributed by atoms with Crippen molar-refractivity contribution in [2.45, 2.75) is 0 Å². The molecule has 0 rings (SSSR count). The van der Waals surface area contributed by atoms with E-state index < -0.39 is 0 Å². The molecule has 0 aromatic heterocycles. The molecule has 0 N–H and O–H groups in total. The molecule has 0 saturated carbocycles. The average molecular weight is 676 g/mol. The van der Waals surface area contributed by atoms with Crippen molar-refractivity contribution >= 4 is 572 Å². The summed E-state index contributed by atoms with van der Waals surface area (Å²) in [5.41, 5.74) is 0. The number of rotatable bonds is 0. The van der Waals surface area contributed by atoms with E-state index >= 15 is 0 Å². The second kappa shape index (κ2) is 200. The van der Waals surface area contributed by atoms with Crippen molar-refractivity contribution in [1.29, 1.82) is 0 Å². The van der Waals surface area contributed by atoms with Crippen LogP contribution in [0.15, 0.2) is 0 Å². The predicted molar refractivity (Wildman–Crippen MR) is 172 cm³/mol. The van der Waals surface area contributed by atoms with Crippen molar-refractivity contribution in [3.63, 3.8) is 0 Å². The molecule has 24 heavy (non-hydrogen) atoms. The summed E-state index contributed by atoms with van der Waals surface area (Å²) in [7, 11) is 0. The van der Waals surface area contributed by atoms with E-state index in [9.17, 15) is 0 Å². The molecule has 0 aromatic rings. The number of halogens is 8. The Kier molecular flexibility index (Phi) is 1800. The van der Waals surface area contributed by atoms with E-state index in [1.807, 2.05) is 0 Å². The van der Waals surface area contributed by atoms with Gasteiger partial charge in [-0.15, -0.1) is 99.3 Å². The van der Waals surface area contributed by atoms with Crippen LogP contribution in [-0.2, 0) is 0 Å². The van der Waals surface area contributed by atoms with E-state index in [0.717, 1.165) is 0 Å². The van der Waals surface area contributed by atoms with E-state index in [1.54, 1.807) is 0 Å². The Bertz CT molecular complexity index is 22.0. The van der Waals surface area contributed by atoms with Gasteiger partial charge in [-0.2, -0.15) is 0 Å². The molecule has 0 aliphatic heterocycles. The van der Waals surface area contributed by atoms with Crippen molar-refractivity contribution in [2.75, 3.05) is 0 Å². The second-order valence-corrected chi connectivity index (χ2v) is 0. The van der Waals surface area contributed by atoms with Gasteiger partial charge < -0.3 is 0 Å². The van der Waals surface area contributed by atoms with Crippen LogP contribution in [0.2, 0.25) is 0 Å². The minimum atomic E-state index is 0. The van der Waals surface area contributed by atoms with Gasteiger partial charge in [0.05, 0.1) is 0 Å². The topological polar surface area (TPSA) is 0 Å². The molecule has 0 fully saturated rings. The summed E-state index contributed by atoms with van der Waals surface area (Å²) in [5.74, 6) is 0. The van der Waals surface area contributed by atoms with Crippen molar-refractivity contribution in [3.8, 4) is 0 Å². The first-order valence-electron chi connectivity index (χ1n) is 0. The van der Waals surface area contributed by atoms with Gasteiger partial charge in [0, 0.05) is 0 Å². The summed E-state index contributed by atoms with van der Waals surface area (Å²) in [6.45, 7) is 0. The fraction of sp³-hybridized carbons (Fsp3) is 0. The molecule has 0 nitrogen and oxygen atoms in total. The van der Waals surface area contributed by atoms with Gasteiger partial charge in [-0.3, -0.25) is 0 Å². The third-order valence-electron chi connectivity index (χ3n) is 0. The van der Waals surface area contributed by atoms with Crippen LogP contribution in [0.1, 0.15) is 0 Å². The summed E-state index contributed by atoms with van der Waals surface area (Å²) in [4.78, 5) is 0. The molecule has 0 saturated heterocycles. The average Bonchev–Trinajstić information content (AvgIpc) is 0. The van der Waals surface area contributed by atoms with Gasteiger partial charge in [0.1, 0.15) is 0 Å². The van der Waals surface area contributed by atoms with Crippen LogP contribution in [0.25, 0.3) is 0 Å². The van der Waals surface area contributed by atoms with Crippen LogP contribution < -0.4 is 0 Å². The molecule has 0 aliphatic carbocycles. The summed E-state index contributed by atoms with van der Waals surface area (Å²) in [6.07, 6.45) is 0. The van der Waals surface area contributed by atoms with Gasteiger partial charge in [0.25, 0.3) is 0 Å². The molecule has 0 heterocycles. The van der Waals surface area contributed by atoms with Crippen LogP contribution >= 0.6 is 99.3 Å². The van der Waals surface area contributed by atoms with E-state index in [4.69, 9.17) is 0 Å². The van der Waals surface area contributed by atoms with Gasteiger partial charge in [0.2, 0.25) is 0 Å². The number of hydrogen-bond acceptors (Lipinski definition) is 0. The van der Waals surface area contributed by atoms with Gasteiger partial charge in [-0.05, 0) is 0 Å². The quantitative estimate of drug-likeness (QED) is 0.224. The van der Waals surface area contributed by atoms with Crippen molar-refractivity contribution in [2.24, 2.45) is 0 Å². The van der Waals surface area contributed by atoms with E-state index in [-0.39, 0.29) is 572 Å². The Labute approximate surface area is 553 Å². The zero-order chi connectivity index (χ0) is 0. The SMILES string of the molecule is Cl.Cl.Cl.Cl.Cl.Cl.Cl.Cl.[NaH].[NaH].[NaH].[NaH].[NaH].[NaH].[NaH].[NaH].[NaH].[NaH].[NaH].[NaH].[NaH].[NaH].[NaH].[NaH]. The standard InChI is InChI=1S/8ClH.16Na.16H/h8*1H;;;;;;;;;;;;;;;;;;;;;;;;;;;;;;;;. The molecule has 0 bridgehead atoms. The molecule has 0 spiro atoms. The Hall–Kier alpha value is 18.3. The molecule has 0 aromatic carbocycles. The third-order valence-corrected chi connectivity index (χ3v) is 0. The fourth-order valence-corrected chi connectivity index (χ4v) is 0. The molecule has 0 aliphatic rings. The predicted octanol–water partition coefficient (Wildman–Crippen LogP) is -7.00. The summed E-state index contributed by atoms with van der Waals surface area (Å²) >= 11 is 0. The Morgan fingerprint density at radius 1 is 0.0833 bits per heavy atom. The van der Waals surface area contributed by atoms with Crippen LogP contribution in [0.3, 0.4) is 0 Å². The van der Waals surface area contributed by atoms with E-state index in [1.165, 1.54) is 0 Å². The van der Waals surface area contributed by atoms with Crippen molar-refractivity contribution in [1.82, 2.24) is 0 Å². The van der Waals surface area contributed by atoms with Crippen molar-refractivity contribution in [3.05, 3.63) is 0 Å². The Morgan fingerprint density at radius 2 is 0.0833 bits per heavy atom. The zero-order valence-corrected chi connectivity index (χ0v) is 9.80. The molecule has 0 atom stereocenters. The molecule has 0 amide bonds. The number of hydrogen-bond donors (Lipinski definition) is 0. The second-order valence-electron chi connectivity index (χ2n) is 0. The molecular weight excluding hydrogens is 651 g/mol. The summed E-state index contributed by atoms with van der Waals surface area (Å²) in [5, 5.41) is 0. The van der Waals surface area contributed by atoms with Crippen LogP contribution in [0.5, 0.6) is 0 Å². The maximum absolute atomic E-state index is 0. The fourth-order valence-electron chi connectivity index (χ4n) is 0. The first-order valence-corrected chi connectivity index (χ1v) is 0. The first kappa shape index (κ1) is 215. The summed E-state index contributed by atoms with van der Waals surface area (Å²) < 4.78 is 0. The van der Waals surface area contributed by atoms with Gasteiger partial charge >= 0.3 is 473 Å². The van der Waals surface area contributed by atoms with E-state index in [2.05, 4.69) is 0 Å². The van der Waals surface area contributed by atoms with E-state index in [0.29, 0.717) is 0 Å². The third kappa shape index (κ3) is 186. The molecule has 96 valence electrons. The maximum atomic E-state index is 0. The monoisotopic (exact) mass is 672 g/mol. The van der Waals surface area contributed by atoms with Gasteiger partial charge in [-0.25, -0.2) is 0 Å². The van der Waals surface area contributed by atoms with Crippen LogP contribution in [0, 0.1) is 0 Å². The minimum absolute atomic E-state index is 0. The molecular formula is H24Cl8Na16. The molecule has 0 unspecified atom stereocenters.